The van der Waals surface area contributed by atoms with Crippen LogP contribution in [0.3, 0.4) is 0 Å². The highest BCUT2D eigenvalue weighted by Crippen LogP contribution is 2.63. The van der Waals surface area contributed by atoms with Crippen LogP contribution in [0.4, 0.5) is 0 Å². The lowest BCUT2D eigenvalue weighted by Crippen LogP contribution is -2.67. The smallest absolute Gasteiger partial charge is 0.297 e. The van der Waals surface area contributed by atoms with Crippen molar-refractivity contribution in [2.75, 3.05) is 0 Å². The lowest BCUT2D eigenvalue weighted by Gasteiger charge is -2.64. The average molecular weight is 360 g/mol. The fourth-order valence-corrected chi connectivity index (χ4v) is 5.99. The topological polar surface area (TPSA) is 63.6 Å². The van der Waals surface area contributed by atoms with Gasteiger partial charge in [0.15, 0.2) is 0 Å². The summed E-state index contributed by atoms with van der Waals surface area (Å²) in [5, 5.41) is 12.8. The summed E-state index contributed by atoms with van der Waals surface area (Å²) in [4.78, 5) is 0.139. The van der Waals surface area contributed by atoms with Gasteiger partial charge in [-0.05, 0) is 59.9 Å². The van der Waals surface area contributed by atoms with Gasteiger partial charge in [-0.15, -0.1) is 0 Å². The molecular formula is C20H24O4S. The fraction of sp³-hybridized carbons (Fsp3) is 0.500. The summed E-state index contributed by atoms with van der Waals surface area (Å²) < 4.78 is 31.1. The highest BCUT2D eigenvalue weighted by molar-refractivity contribution is 7.86. The lowest BCUT2D eigenvalue weighted by molar-refractivity contribution is -0.237. The Kier molecular flexibility index (Phi) is 3.60. The molecule has 0 saturated heterocycles. The van der Waals surface area contributed by atoms with Crippen LogP contribution in [-0.4, -0.2) is 25.2 Å². The van der Waals surface area contributed by atoms with Gasteiger partial charge in [-0.2, -0.15) is 8.42 Å². The molecule has 2 bridgehead atoms. The Labute approximate surface area is 148 Å². The van der Waals surface area contributed by atoms with E-state index >= 15 is 0 Å². The van der Waals surface area contributed by atoms with Gasteiger partial charge >= 0.3 is 0 Å². The lowest BCUT2D eigenvalue weighted by atomic mass is 9.43. The molecule has 0 aromatic heterocycles. The van der Waals surface area contributed by atoms with Crippen molar-refractivity contribution in [2.24, 2.45) is 17.3 Å². The Balaban J connectivity index is 1.63. The molecule has 0 amide bonds. The van der Waals surface area contributed by atoms with E-state index in [4.69, 9.17) is 4.18 Å². The van der Waals surface area contributed by atoms with Crippen LogP contribution in [-0.2, 0) is 14.3 Å². The quantitative estimate of drug-likeness (QED) is 0.847. The molecule has 5 heteroatoms. The van der Waals surface area contributed by atoms with Crippen LogP contribution in [0, 0.1) is 17.3 Å². The normalized spacial score (nSPS) is 33.8. The summed E-state index contributed by atoms with van der Waals surface area (Å²) in [5.74, 6) is 0.463. The number of benzene rings is 2. The predicted octanol–water partition coefficient (Wildman–Crippen LogP) is 3.73. The molecule has 3 saturated carbocycles. The van der Waals surface area contributed by atoms with Crippen LogP contribution in [0.2, 0.25) is 0 Å². The van der Waals surface area contributed by atoms with Gasteiger partial charge in [-0.1, -0.05) is 44.2 Å². The summed E-state index contributed by atoms with van der Waals surface area (Å²) in [6, 6.07) is 12.6. The highest BCUT2D eigenvalue weighted by atomic mass is 32.2. The van der Waals surface area contributed by atoms with Gasteiger partial charge in [-0.25, -0.2) is 0 Å². The van der Waals surface area contributed by atoms with E-state index in [1.807, 2.05) is 24.3 Å². The van der Waals surface area contributed by atoms with Gasteiger partial charge in [0.1, 0.15) is 6.10 Å². The molecule has 3 fully saturated rings. The Morgan fingerprint density at radius 2 is 1.72 bits per heavy atom. The second-order valence-electron chi connectivity index (χ2n) is 8.32. The van der Waals surface area contributed by atoms with Gasteiger partial charge in [0.25, 0.3) is 10.1 Å². The third-order valence-electron chi connectivity index (χ3n) is 6.58. The third kappa shape index (κ3) is 2.52. The van der Waals surface area contributed by atoms with Crippen LogP contribution in [0.5, 0.6) is 0 Å². The third-order valence-corrected chi connectivity index (χ3v) is 7.90. The first kappa shape index (κ1) is 17.0. The molecule has 0 heterocycles. The number of hydrogen-bond donors (Lipinski definition) is 1. The number of hydrogen-bond acceptors (Lipinski definition) is 4. The molecule has 0 radical (unpaired) electrons. The molecule has 2 aromatic carbocycles. The van der Waals surface area contributed by atoms with E-state index in [0.29, 0.717) is 12.3 Å². The molecule has 2 aromatic rings. The van der Waals surface area contributed by atoms with Gasteiger partial charge in [0.2, 0.25) is 0 Å². The van der Waals surface area contributed by atoms with Gasteiger partial charge < -0.3 is 5.11 Å². The predicted molar refractivity (Wildman–Crippen MR) is 96.6 cm³/mol. The van der Waals surface area contributed by atoms with Crippen LogP contribution in [0.15, 0.2) is 47.4 Å². The molecular weight excluding hydrogens is 336 g/mol. The summed E-state index contributed by atoms with van der Waals surface area (Å²) in [6.45, 7) is 6.01. The molecule has 5 rings (SSSR count). The maximum absolute atomic E-state index is 12.8. The zero-order valence-electron chi connectivity index (χ0n) is 14.8. The van der Waals surface area contributed by atoms with Crippen molar-refractivity contribution in [1.29, 1.82) is 0 Å². The Morgan fingerprint density at radius 1 is 1.04 bits per heavy atom. The molecule has 25 heavy (non-hydrogen) atoms. The monoisotopic (exact) mass is 360 g/mol. The van der Waals surface area contributed by atoms with Crippen molar-refractivity contribution in [3.8, 4) is 0 Å². The zero-order chi connectivity index (χ0) is 18.0. The summed E-state index contributed by atoms with van der Waals surface area (Å²) in [5.41, 5.74) is -1.10. The summed E-state index contributed by atoms with van der Waals surface area (Å²) in [7, 11) is -3.92. The molecule has 1 N–H and O–H groups in total. The van der Waals surface area contributed by atoms with Crippen LogP contribution < -0.4 is 0 Å². The first-order valence-electron chi connectivity index (χ1n) is 8.77. The Hall–Kier alpha value is -1.43. The highest BCUT2D eigenvalue weighted by Gasteiger charge is 2.64. The van der Waals surface area contributed by atoms with Crippen molar-refractivity contribution in [1.82, 2.24) is 0 Å². The molecule has 0 aliphatic heterocycles. The van der Waals surface area contributed by atoms with E-state index in [1.54, 1.807) is 25.1 Å². The first-order valence-corrected chi connectivity index (χ1v) is 10.2. The maximum Gasteiger partial charge on any atom is 0.297 e. The van der Waals surface area contributed by atoms with E-state index in [0.717, 1.165) is 17.2 Å². The molecule has 4 atom stereocenters. The van der Waals surface area contributed by atoms with E-state index < -0.39 is 21.8 Å². The van der Waals surface area contributed by atoms with Crippen LogP contribution in [0.25, 0.3) is 10.8 Å². The second-order valence-corrected chi connectivity index (χ2v) is 9.89. The molecule has 0 spiro atoms. The largest absolute Gasteiger partial charge is 0.387 e. The van der Waals surface area contributed by atoms with E-state index in [2.05, 4.69) is 13.8 Å². The number of aliphatic hydroxyl groups is 1. The minimum Gasteiger partial charge on any atom is -0.387 e. The Morgan fingerprint density at radius 3 is 2.36 bits per heavy atom. The maximum atomic E-state index is 12.8. The van der Waals surface area contributed by atoms with Gasteiger partial charge in [0, 0.05) is 0 Å². The molecule has 3 aliphatic rings. The van der Waals surface area contributed by atoms with Crippen molar-refractivity contribution < 1.29 is 17.7 Å². The summed E-state index contributed by atoms with van der Waals surface area (Å²) >= 11 is 0. The first-order chi connectivity index (χ1) is 11.6. The minimum absolute atomic E-state index is 0.0378. The van der Waals surface area contributed by atoms with E-state index in [1.165, 1.54) is 0 Å². The van der Waals surface area contributed by atoms with Crippen molar-refractivity contribution >= 4 is 20.9 Å². The standard InChI is InChI=1S/C20H24O4S/c1-19(2)15-11-17(19)20(3,21)18(12-15)24-25(22,23)16-9-8-13-6-4-5-7-14(13)10-16/h4-10,15,17-18,21H,11-12H2,1-3H3/t15?,17?,18-,20+/m1/s1. The fourth-order valence-electron chi connectivity index (χ4n) is 4.80. The van der Waals surface area contributed by atoms with E-state index in [-0.39, 0.29) is 16.2 Å². The van der Waals surface area contributed by atoms with Gasteiger partial charge in [-0.3, -0.25) is 4.18 Å². The second kappa shape index (κ2) is 5.29. The van der Waals surface area contributed by atoms with Crippen molar-refractivity contribution in [2.45, 2.75) is 50.2 Å². The number of fused-ring (bicyclic) bond motifs is 3. The number of rotatable bonds is 3. The molecule has 134 valence electrons. The summed E-state index contributed by atoms with van der Waals surface area (Å²) in [6.07, 6.45) is 0.819. The van der Waals surface area contributed by atoms with E-state index in [9.17, 15) is 13.5 Å². The van der Waals surface area contributed by atoms with Crippen LogP contribution in [0.1, 0.15) is 33.6 Å². The molecule has 4 nitrogen and oxygen atoms in total. The van der Waals surface area contributed by atoms with Crippen molar-refractivity contribution in [3.63, 3.8) is 0 Å². The Bertz CT molecular complexity index is 930. The SMILES string of the molecule is CC1(C)C2CC1[C@](C)(O)[C@H](OS(=O)(=O)c1ccc3ccccc3c1)C2. The average Bonchev–Trinajstić information content (AvgIpc) is 2.55. The minimum atomic E-state index is -3.92. The van der Waals surface area contributed by atoms with Crippen molar-refractivity contribution in [3.05, 3.63) is 42.5 Å². The molecule has 2 unspecified atom stereocenters. The molecule has 3 aliphatic carbocycles. The van der Waals surface area contributed by atoms with Gasteiger partial charge in [0.05, 0.1) is 10.5 Å². The van der Waals surface area contributed by atoms with Crippen LogP contribution >= 0.6 is 0 Å². The zero-order valence-corrected chi connectivity index (χ0v) is 15.6.